The minimum atomic E-state index is -5.42. The second-order valence-electron chi connectivity index (χ2n) is 7.43. The number of ether oxygens (including phenoxy) is 4. The van der Waals surface area contributed by atoms with Crippen LogP contribution in [0.2, 0.25) is 0 Å². The van der Waals surface area contributed by atoms with E-state index in [1.807, 2.05) is 0 Å². The largest absolute Gasteiger partial charge is 0.479 e. The number of hydrogen-bond acceptors (Lipinski definition) is 16. The lowest BCUT2D eigenvalue weighted by Crippen LogP contribution is -2.68. The van der Waals surface area contributed by atoms with Crippen molar-refractivity contribution >= 4 is 37.1 Å². The monoisotopic (exact) mass is 609 g/mol. The summed E-state index contributed by atoms with van der Waals surface area (Å²) in [4.78, 5) is 11.6. The summed E-state index contributed by atoms with van der Waals surface area (Å²) in [6, 6.07) is -2.17. The summed E-state index contributed by atoms with van der Waals surface area (Å²) in [6.07, 6.45) is -19.8. The van der Waals surface area contributed by atoms with Gasteiger partial charge in [-0.25, -0.2) is 13.2 Å². The van der Waals surface area contributed by atoms with Crippen LogP contribution in [-0.4, -0.2) is 140 Å². The highest BCUT2D eigenvalue weighted by molar-refractivity contribution is 7.83. The number of carboxylic acid groups (broad SMARTS) is 1. The maximum atomic E-state index is 11.6. The molecule has 0 amide bonds. The van der Waals surface area contributed by atoms with Crippen molar-refractivity contribution in [3.05, 3.63) is 0 Å². The first kappa shape index (κ1) is 32.0. The van der Waals surface area contributed by atoms with Gasteiger partial charge >= 0.3 is 37.1 Å². The van der Waals surface area contributed by atoms with Crippen LogP contribution in [0.1, 0.15) is 0 Å². The van der Waals surface area contributed by atoms with Gasteiger partial charge in [0.05, 0.1) is 6.61 Å². The van der Waals surface area contributed by atoms with Gasteiger partial charge in [-0.1, -0.05) is 0 Å². The highest BCUT2D eigenvalue weighted by atomic mass is 32.3. The molecule has 21 nitrogen and oxygen atoms in total. The molecule has 0 radical (unpaired) electrons. The molecule has 37 heavy (non-hydrogen) atoms. The van der Waals surface area contributed by atoms with E-state index in [-0.39, 0.29) is 0 Å². The van der Waals surface area contributed by atoms with E-state index in [4.69, 9.17) is 32.6 Å². The van der Waals surface area contributed by atoms with Crippen LogP contribution < -0.4 is 4.72 Å². The molecule has 0 bridgehead atoms. The van der Waals surface area contributed by atoms with Crippen molar-refractivity contribution in [1.29, 1.82) is 0 Å². The number of methoxy groups -OCH3 is 1. The zero-order valence-electron chi connectivity index (χ0n) is 18.1. The van der Waals surface area contributed by atoms with Gasteiger partial charge in [0, 0.05) is 7.11 Å². The van der Waals surface area contributed by atoms with E-state index in [1.165, 1.54) is 4.72 Å². The number of hydrogen-bond donors (Lipinski definition) is 8. The number of rotatable bonds is 11. The van der Waals surface area contributed by atoms with E-state index >= 15 is 0 Å². The molecule has 218 valence electrons. The third-order valence-corrected chi connectivity index (χ3v) is 6.39. The van der Waals surface area contributed by atoms with Gasteiger partial charge < -0.3 is 39.4 Å². The van der Waals surface area contributed by atoms with Gasteiger partial charge in [0.15, 0.2) is 24.8 Å². The van der Waals surface area contributed by atoms with Gasteiger partial charge in [-0.2, -0.15) is 30.0 Å². The van der Waals surface area contributed by atoms with Crippen LogP contribution in [0.25, 0.3) is 0 Å². The van der Waals surface area contributed by atoms with Gasteiger partial charge in [-0.05, 0) is 0 Å². The van der Waals surface area contributed by atoms with Crippen molar-refractivity contribution in [2.45, 2.75) is 61.3 Å². The molecular formula is C13H23NO20S3. The molecule has 2 rings (SSSR count). The smallest absolute Gasteiger partial charge is 0.397 e. The summed E-state index contributed by atoms with van der Waals surface area (Å²) in [5.41, 5.74) is 0. The highest BCUT2D eigenvalue weighted by Gasteiger charge is 2.55. The quantitative estimate of drug-likeness (QED) is 0.101. The zero-order valence-corrected chi connectivity index (χ0v) is 20.6. The van der Waals surface area contributed by atoms with Crippen LogP contribution in [0.5, 0.6) is 0 Å². The van der Waals surface area contributed by atoms with E-state index in [0.29, 0.717) is 0 Å². The Hall–Kier alpha value is -1.20. The molecule has 0 aliphatic carbocycles. The van der Waals surface area contributed by atoms with Crippen molar-refractivity contribution in [3.8, 4) is 0 Å². The normalized spacial score (nSPS) is 37.8. The average Bonchev–Trinajstić information content (AvgIpc) is 2.71. The minimum absolute atomic E-state index is 0.896. The Balaban J connectivity index is 2.49. The van der Waals surface area contributed by atoms with E-state index < -0.39 is 105 Å². The Morgan fingerprint density at radius 2 is 1.49 bits per heavy atom. The first-order valence-electron chi connectivity index (χ1n) is 9.52. The molecule has 10 atom stereocenters. The summed E-state index contributed by atoms with van der Waals surface area (Å²) in [7, 11) is -14.9. The molecule has 0 spiro atoms. The highest BCUT2D eigenvalue weighted by Crippen LogP contribution is 2.32. The Morgan fingerprint density at radius 3 is 1.95 bits per heavy atom. The van der Waals surface area contributed by atoms with E-state index in [1.54, 1.807) is 0 Å². The first-order valence-corrected chi connectivity index (χ1v) is 13.7. The Bertz CT molecular complexity index is 1120. The molecule has 0 aromatic rings. The number of carboxylic acids is 1. The molecule has 8 N–H and O–H groups in total. The third-order valence-electron chi connectivity index (χ3n) is 4.92. The summed E-state index contributed by atoms with van der Waals surface area (Å²) < 4.78 is 124. The molecule has 2 saturated heterocycles. The van der Waals surface area contributed by atoms with E-state index in [9.17, 15) is 50.5 Å². The molecule has 24 heteroatoms. The van der Waals surface area contributed by atoms with Crippen LogP contribution in [0, 0.1) is 0 Å². The maximum Gasteiger partial charge on any atom is 0.397 e. The second-order valence-corrected chi connectivity index (χ2v) is 10.8. The predicted octanol–water partition coefficient (Wildman–Crippen LogP) is -5.60. The fourth-order valence-corrected chi connectivity index (χ4v) is 4.88. The number of nitrogens with one attached hydrogen (secondary N) is 1. The van der Waals surface area contributed by atoms with Gasteiger partial charge in [0.25, 0.3) is 0 Å². The molecule has 2 heterocycles. The molecule has 2 aliphatic heterocycles. The maximum absolute atomic E-state index is 11.6. The van der Waals surface area contributed by atoms with Gasteiger partial charge in [-0.3, -0.25) is 13.7 Å². The Morgan fingerprint density at radius 1 is 0.892 bits per heavy atom. The number of aliphatic hydroxyl groups is 3. The summed E-state index contributed by atoms with van der Waals surface area (Å²) in [5, 5.41) is 40.5. The molecule has 0 unspecified atom stereocenters. The summed E-state index contributed by atoms with van der Waals surface area (Å²) in [6.45, 7) is -1.27. The molecule has 0 aromatic heterocycles. The van der Waals surface area contributed by atoms with E-state index in [0.717, 1.165) is 7.11 Å². The Labute approximate surface area is 208 Å². The first-order chi connectivity index (χ1) is 16.7. The average molecular weight is 610 g/mol. The summed E-state index contributed by atoms with van der Waals surface area (Å²) >= 11 is 0. The number of aliphatic hydroxyl groups excluding tert-OH is 3. The lowest BCUT2D eigenvalue weighted by Gasteiger charge is -2.46. The van der Waals surface area contributed by atoms with Crippen molar-refractivity contribution in [1.82, 2.24) is 4.72 Å². The second kappa shape index (κ2) is 11.9. The van der Waals surface area contributed by atoms with Crippen molar-refractivity contribution < 1.29 is 91.4 Å². The zero-order chi connectivity index (χ0) is 28.5. The van der Waals surface area contributed by atoms with Crippen LogP contribution in [0.4, 0.5) is 0 Å². The van der Waals surface area contributed by atoms with E-state index in [2.05, 4.69) is 8.37 Å². The van der Waals surface area contributed by atoms with Crippen LogP contribution in [-0.2, 0) is 63.2 Å². The molecule has 0 aromatic carbocycles. The van der Waals surface area contributed by atoms with Crippen molar-refractivity contribution in [2.24, 2.45) is 0 Å². The fraction of sp³-hybridized carbons (Fsp3) is 0.923. The van der Waals surface area contributed by atoms with Crippen molar-refractivity contribution in [2.75, 3.05) is 13.7 Å². The SMILES string of the molecule is CO[C@H]1[C@H](O)[C@@H](OS(=O)(=O)O)[C@@H](O[C@H]2[C@H](O)[C@@H](NS(=O)(=O)O)[C@@H](O)O[C@@H]2COS(=O)(=O)O)O[C@@H]1C(=O)O. The Kier molecular flexibility index (Phi) is 10.3. The molecule has 0 saturated carbocycles. The van der Waals surface area contributed by atoms with Gasteiger partial charge in [0.2, 0.25) is 0 Å². The predicted molar refractivity (Wildman–Crippen MR) is 107 cm³/mol. The molecule has 2 fully saturated rings. The van der Waals surface area contributed by atoms with Crippen molar-refractivity contribution in [3.63, 3.8) is 0 Å². The third kappa shape index (κ3) is 8.92. The number of carbonyl (C=O) groups is 1. The van der Waals surface area contributed by atoms with Crippen LogP contribution in [0.15, 0.2) is 0 Å². The fourth-order valence-electron chi connectivity index (χ4n) is 3.48. The summed E-state index contributed by atoms with van der Waals surface area (Å²) in [5.74, 6) is -1.79. The standard InChI is InChI=1S/C13H23NO20S3/c1-29-8-6(16)9(34-37(26,27)28)13(33-10(8)11(17)18)32-7-3(2-30-36(23,24)25)31-12(19)4(5(7)15)14-35(20,21)22/h3-10,12-16,19H,2H2,1H3,(H,17,18)(H,20,21,22)(H,23,24,25)(H,26,27,28)/t3-,4-,5-,6+,7-,8+,9-,10+,12+,13+/m1/s1. The van der Waals surface area contributed by atoms with Crippen LogP contribution in [0.3, 0.4) is 0 Å². The van der Waals surface area contributed by atoms with Crippen LogP contribution >= 0.6 is 0 Å². The number of aliphatic carboxylic acids is 1. The molecular weight excluding hydrogens is 586 g/mol. The minimum Gasteiger partial charge on any atom is -0.479 e. The topological polar surface area (TPSA) is 329 Å². The van der Waals surface area contributed by atoms with Gasteiger partial charge in [0.1, 0.15) is 36.6 Å². The lowest BCUT2D eigenvalue weighted by atomic mass is 9.96. The van der Waals surface area contributed by atoms with Gasteiger partial charge in [-0.15, -0.1) is 0 Å². The lowest BCUT2D eigenvalue weighted by molar-refractivity contribution is -0.337. The molecule has 2 aliphatic rings.